The number of hydrogen-bond donors (Lipinski definition) is 1. The molecule has 3 heterocycles. The predicted molar refractivity (Wildman–Crippen MR) is 116 cm³/mol. The first-order chi connectivity index (χ1) is 14.1. The number of aryl methyl sites for hydroxylation is 1. The van der Waals surface area contributed by atoms with Crippen LogP contribution in [-0.2, 0) is 7.05 Å². The first-order valence-electron chi connectivity index (χ1n) is 9.97. The summed E-state index contributed by atoms with van der Waals surface area (Å²) in [5, 5.41) is 9.60. The van der Waals surface area contributed by atoms with E-state index in [0.29, 0.717) is 16.9 Å². The van der Waals surface area contributed by atoms with Crippen molar-refractivity contribution < 1.29 is 0 Å². The number of likely N-dealkylation sites (tertiary alicyclic amines) is 1. The molecular weight excluding hydrogens is 364 g/mol. The van der Waals surface area contributed by atoms with Gasteiger partial charge in [0, 0.05) is 30.4 Å². The number of anilines is 1. The molecule has 2 aromatic heterocycles. The Labute approximate surface area is 168 Å². The summed E-state index contributed by atoms with van der Waals surface area (Å²) in [6, 6.07) is 12.1. The molecule has 5 rings (SSSR count). The zero-order valence-electron chi connectivity index (χ0n) is 16.7. The van der Waals surface area contributed by atoms with Crippen molar-refractivity contribution in [2.24, 2.45) is 7.05 Å². The molecule has 0 atom stereocenters. The molecular formula is C22H24N6O. The van der Waals surface area contributed by atoms with E-state index in [9.17, 15) is 4.79 Å². The second-order valence-corrected chi connectivity index (χ2v) is 7.92. The van der Waals surface area contributed by atoms with Gasteiger partial charge in [0.1, 0.15) is 6.33 Å². The molecule has 148 valence electrons. The van der Waals surface area contributed by atoms with Gasteiger partial charge in [0.25, 0.3) is 5.56 Å². The van der Waals surface area contributed by atoms with Gasteiger partial charge < -0.3 is 10.2 Å². The Bertz CT molecular complexity index is 1250. The SMILES string of the molecule is CN1CCC(Nc2ccc3ncn(-c4ccc5nn(C)cc5c4)c(=O)c3c2)CC1. The zero-order chi connectivity index (χ0) is 20.0. The number of aromatic nitrogens is 4. The van der Waals surface area contributed by atoms with Crippen LogP contribution in [-0.4, -0.2) is 50.4 Å². The van der Waals surface area contributed by atoms with E-state index >= 15 is 0 Å². The summed E-state index contributed by atoms with van der Waals surface area (Å²) in [5.74, 6) is 0. The number of nitrogens with zero attached hydrogens (tertiary/aromatic N) is 5. The van der Waals surface area contributed by atoms with E-state index in [4.69, 9.17) is 0 Å². The van der Waals surface area contributed by atoms with Gasteiger partial charge in [0.05, 0.1) is 22.1 Å². The molecule has 0 saturated carbocycles. The Balaban J connectivity index is 1.51. The Morgan fingerprint density at radius 3 is 2.66 bits per heavy atom. The van der Waals surface area contributed by atoms with E-state index in [1.165, 1.54) is 0 Å². The Hall–Kier alpha value is -3.19. The van der Waals surface area contributed by atoms with Gasteiger partial charge in [-0.25, -0.2) is 4.98 Å². The third-order valence-electron chi connectivity index (χ3n) is 5.73. The molecule has 0 amide bonds. The minimum atomic E-state index is -0.0646. The van der Waals surface area contributed by atoms with Crippen LogP contribution in [0.15, 0.2) is 53.7 Å². The van der Waals surface area contributed by atoms with E-state index < -0.39 is 0 Å². The zero-order valence-corrected chi connectivity index (χ0v) is 16.7. The standard InChI is InChI=1S/C22H24N6O/c1-26-9-7-16(8-10-26)24-17-3-5-21-19(12-17)22(29)28(14-23-21)18-4-6-20-15(11-18)13-27(2)25-20/h3-6,11-14,16,24H,7-10H2,1-2H3. The van der Waals surface area contributed by atoms with E-state index in [2.05, 4.69) is 27.3 Å². The van der Waals surface area contributed by atoms with Gasteiger partial charge in [-0.05, 0) is 69.4 Å². The van der Waals surface area contributed by atoms with Crippen LogP contribution in [0.5, 0.6) is 0 Å². The van der Waals surface area contributed by atoms with Gasteiger partial charge >= 0.3 is 0 Å². The molecule has 0 radical (unpaired) electrons. The maximum atomic E-state index is 13.2. The average molecular weight is 388 g/mol. The topological polar surface area (TPSA) is 68.0 Å². The first-order valence-corrected chi connectivity index (χ1v) is 9.97. The van der Waals surface area contributed by atoms with Crippen LogP contribution in [0, 0.1) is 0 Å². The minimum absolute atomic E-state index is 0.0646. The Kier molecular flexibility index (Phi) is 4.32. The Morgan fingerprint density at radius 2 is 1.83 bits per heavy atom. The molecule has 2 aromatic carbocycles. The van der Waals surface area contributed by atoms with Crippen molar-refractivity contribution in [1.82, 2.24) is 24.2 Å². The number of nitrogens with one attached hydrogen (secondary N) is 1. The molecule has 1 aliphatic rings. The van der Waals surface area contributed by atoms with E-state index in [-0.39, 0.29) is 5.56 Å². The van der Waals surface area contributed by atoms with Crippen molar-refractivity contribution in [2.75, 3.05) is 25.5 Å². The smallest absolute Gasteiger partial charge is 0.265 e. The van der Waals surface area contributed by atoms with Crippen molar-refractivity contribution in [3.05, 3.63) is 59.3 Å². The monoisotopic (exact) mass is 388 g/mol. The molecule has 1 aliphatic heterocycles. The van der Waals surface area contributed by atoms with Crippen molar-refractivity contribution in [1.29, 1.82) is 0 Å². The number of hydrogen-bond acceptors (Lipinski definition) is 5. The first kappa shape index (κ1) is 17.9. The molecule has 0 unspecified atom stereocenters. The van der Waals surface area contributed by atoms with Gasteiger partial charge in [-0.1, -0.05) is 0 Å². The van der Waals surface area contributed by atoms with E-state index in [0.717, 1.165) is 48.2 Å². The van der Waals surface area contributed by atoms with Crippen molar-refractivity contribution in [3.8, 4) is 5.69 Å². The van der Waals surface area contributed by atoms with Crippen LogP contribution >= 0.6 is 0 Å². The molecule has 7 heteroatoms. The molecule has 1 fully saturated rings. The molecule has 29 heavy (non-hydrogen) atoms. The highest BCUT2D eigenvalue weighted by atomic mass is 16.1. The number of rotatable bonds is 3. The fraction of sp³-hybridized carbons (Fsp3) is 0.318. The van der Waals surface area contributed by atoms with Crippen LogP contribution in [0.3, 0.4) is 0 Å². The van der Waals surface area contributed by atoms with E-state index in [1.807, 2.05) is 49.6 Å². The fourth-order valence-corrected chi connectivity index (χ4v) is 4.07. The maximum Gasteiger partial charge on any atom is 0.265 e. The highest BCUT2D eigenvalue weighted by Gasteiger charge is 2.17. The normalized spacial score (nSPS) is 15.9. The maximum absolute atomic E-state index is 13.2. The summed E-state index contributed by atoms with van der Waals surface area (Å²) in [6.07, 6.45) is 5.77. The van der Waals surface area contributed by atoms with Crippen LogP contribution in [0.2, 0.25) is 0 Å². The van der Waals surface area contributed by atoms with Crippen molar-refractivity contribution in [2.45, 2.75) is 18.9 Å². The second kappa shape index (κ2) is 7.00. The lowest BCUT2D eigenvalue weighted by Gasteiger charge is -2.30. The predicted octanol–water partition coefficient (Wildman–Crippen LogP) is 2.78. The highest BCUT2D eigenvalue weighted by molar-refractivity contribution is 5.83. The lowest BCUT2D eigenvalue weighted by atomic mass is 10.0. The van der Waals surface area contributed by atoms with Crippen molar-refractivity contribution >= 4 is 27.5 Å². The quantitative estimate of drug-likeness (QED) is 0.585. The largest absolute Gasteiger partial charge is 0.382 e. The van der Waals surface area contributed by atoms with Gasteiger partial charge in [0.2, 0.25) is 0 Å². The highest BCUT2D eigenvalue weighted by Crippen LogP contribution is 2.20. The van der Waals surface area contributed by atoms with Crippen LogP contribution in [0.25, 0.3) is 27.5 Å². The number of benzene rings is 2. The summed E-state index contributed by atoms with van der Waals surface area (Å²) >= 11 is 0. The molecule has 4 aromatic rings. The number of fused-ring (bicyclic) bond motifs is 2. The molecule has 0 spiro atoms. The molecule has 1 saturated heterocycles. The van der Waals surface area contributed by atoms with Gasteiger partial charge in [-0.15, -0.1) is 0 Å². The second-order valence-electron chi connectivity index (χ2n) is 7.92. The van der Waals surface area contributed by atoms with Crippen LogP contribution in [0.4, 0.5) is 5.69 Å². The molecule has 1 N–H and O–H groups in total. The van der Waals surface area contributed by atoms with E-state index in [1.54, 1.807) is 15.6 Å². The summed E-state index contributed by atoms with van der Waals surface area (Å²) < 4.78 is 3.38. The average Bonchev–Trinajstić information content (AvgIpc) is 3.09. The van der Waals surface area contributed by atoms with Gasteiger partial charge in [0.15, 0.2) is 0 Å². The van der Waals surface area contributed by atoms with Gasteiger partial charge in [-0.2, -0.15) is 5.10 Å². The molecule has 7 nitrogen and oxygen atoms in total. The van der Waals surface area contributed by atoms with Crippen LogP contribution < -0.4 is 10.9 Å². The summed E-state index contributed by atoms with van der Waals surface area (Å²) in [5.41, 5.74) is 3.32. The Morgan fingerprint density at radius 1 is 1.03 bits per heavy atom. The number of piperidine rings is 1. The lowest BCUT2D eigenvalue weighted by molar-refractivity contribution is 0.264. The summed E-state index contributed by atoms with van der Waals surface area (Å²) in [4.78, 5) is 20.1. The fourth-order valence-electron chi connectivity index (χ4n) is 4.07. The third-order valence-corrected chi connectivity index (χ3v) is 5.73. The lowest BCUT2D eigenvalue weighted by Crippen LogP contribution is -2.36. The van der Waals surface area contributed by atoms with Crippen LogP contribution in [0.1, 0.15) is 12.8 Å². The molecule has 0 aliphatic carbocycles. The van der Waals surface area contributed by atoms with Crippen molar-refractivity contribution in [3.63, 3.8) is 0 Å². The summed E-state index contributed by atoms with van der Waals surface area (Å²) in [6.45, 7) is 2.19. The minimum Gasteiger partial charge on any atom is -0.382 e. The molecule has 0 bridgehead atoms. The van der Waals surface area contributed by atoms with Gasteiger partial charge in [-0.3, -0.25) is 14.0 Å². The third kappa shape index (κ3) is 3.38. The summed E-state index contributed by atoms with van der Waals surface area (Å²) in [7, 11) is 4.05.